The van der Waals surface area contributed by atoms with Crippen molar-refractivity contribution >= 4 is 23.1 Å². The van der Waals surface area contributed by atoms with Gasteiger partial charge in [0.15, 0.2) is 0 Å². The molecular formula is C24H24N2O4. The Morgan fingerprint density at radius 1 is 1.17 bits per heavy atom. The van der Waals surface area contributed by atoms with Crippen LogP contribution in [0.3, 0.4) is 0 Å². The van der Waals surface area contributed by atoms with Gasteiger partial charge in [-0.2, -0.15) is 0 Å². The maximum atomic E-state index is 13.2. The number of nitro groups is 1. The van der Waals surface area contributed by atoms with E-state index in [1.165, 1.54) is 6.07 Å². The summed E-state index contributed by atoms with van der Waals surface area (Å²) in [5.41, 5.74) is 3.84. The van der Waals surface area contributed by atoms with Gasteiger partial charge in [-0.3, -0.25) is 15.1 Å². The zero-order valence-corrected chi connectivity index (χ0v) is 16.9. The minimum absolute atomic E-state index is 0.0249. The predicted octanol–water partition coefficient (Wildman–Crippen LogP) is 5.30. The molecule has 6 heteroatoms. The topological polar surface area (TPSA) is 81.8 Å². The number of nitro benzene ring substituents is 1. The molecular weight excluding hydrogens is 380 g/mol. The number of aliphatic imine (C=N–C) groups is 1. The molecule has 0 amide bonds. The lowest BCUT2D eigenvalue weighted by molar-refractivity contribution is -0.384. The zero-order chi connectivity index (χ0) is 21.1. The van der Waals surface area contributed by atoms with Gasteiger partial charge in [-0.15, -0.1) is 0 Å². The van der Waals surface area contributed by atoms with Crippen LogP contribution in [-0.4, -0.2) is 23.2 Å². The van der Waals surface area contributed by atoms with Crippen molar-refractivity contribution in [3.63, 3.8) is 0 Å². The molecule has 0 spiro atoms. The molecule has 2 aromatic carbocycles. The molecule has 0 bridgehead atoms. The minimum atomic E-state index is -0.402. The molecule has 0 saturated heterocycles. The summed E-state index contributed by atoms with van der Waals surface area (Å²) in [6, 6.07) is 16.3. The van der Waals surface area contributed by atoms with E-state index < -0.39 is 10.9 Å². The van der Waals surface area contributed by atoms with Crippen molar-refractivity contribution in [3.8, 4) is 0 Å². The van der Waals surface area contributed by atoms with Crippen LogP contribution in [0.2, 0.25) is 0 Å². The molecule has 1 saturated carbocycles. The zero-order valence-electron chi connectivity index (χ0n) is 16.9. The Bertz CT molecular complexity index is 1030. The molecule has 4 rings (SSSR count). The molecule has 154 valence electrons. The van der Waals surface area contributed by atoms with Gasteiger partial charge >= 0.3 is 5.97 Å². The van der Waals surface area contributed by atoms with Crippen molar-refractivity contribution in [1.82, 2.24) is 0 Å². The van der Waals surface area contributed by atoms with Gasteiger partial charge in [0.05, 0.1) is 22.8 Å². The monoisotopic (exact) mass is 404 g/mol. The highest BCUT2D eigenvalue weighted by Gasteiger charge is 2.41. The van der Waals surface area contributed by atoms with E-state index in [4.69, 9.17) is 9.73 Å². The Labute approximate surface area is 175 Å². The third-order valence-electron chi connectivity index (χ3n) is 5.83. The van der Waals surface area contributed by atoms with E-state index in [1.807, 2.05) is 36.4 Å². The van der Waals surface area contributed by atoms with Crippen LogP contribution in [0.25, 0.3) is 5.70 Å². The fraction of sp³-hybridized carbons (Fsp3) is 0.333. The first-order chi connectivity index (χ1) is 14.6. The molecule has 2 aliphatic rings. The molecule has 1 heterocycles. The van der Waals surface area contributed by atoms with Gasteiger partial charge in [0.1, 0.15) is 0 Å². The van der Waals surface area contributed by atoms with Crippen LogP contribution in [0.15, 0.2) is 65.2 Å². The summed E-state index contributed by atoms with van der Waals surface area (Å²) in [4.78, 5) is 29.1. The molecule has 2 unspecified atom stereocenters. The van der Waals surface area contributed by atoms with Gasteiger partial charge in [0, 0.05) is 35.2 Å². The highest BCUT2D eigenvalue weighted by Crippen LogP contribution is 2.47. The largest absolute Gasteiger partial charge is 0.463 e. The summed E-state index contributed by atoms with van der Waals surface area (Å²) in [5.74, 6) is -0.666. The number of benzene rings is 2. The number of rotatable bonds is 5. The summed E-state index contributed by atoms with van der Waals surface area (Å²) in [6.07, 6.45) is 3.89. The lowest BCUT2D eigenvalue weighted by Crippen LogP contribution is -2.33. The first-order valence-corrected chi connectivity index (χ1v) is 10.4. The van der Waals surface area contributed by atoms with Gasteiger partial charge < -0.3 is 4.74 Å². The Balaban J connectivity index is 1.95. The van der Waals surface area contributed by atoms with Crippen LogP contribution < -0.4 is 0 Å². The maximum absolute atomic E-state index is 13.2. The van der Waals surface area contributed by atoms with E-state index in [2.05, 4.69) is 0 Å². The van der Waals surface area contributed by atoms with Crippen LogP contribution in [-0.2, 0) is 9.53 Å². The Kier molecular flexibility index (Phi) is 5.74. The molecule has 1 aliphatic heterocycles. The van der Waals surface area contributed by atoms with E-state index >= 15 is 0 Å². The second kappa shape index (κ2) is 8.61. The van der Waals surface area contributed by atoms with Gasteiger partial charge in [-0.25, -0.2) is 4.79 Å². The molecule has 30 heavy (non-hydrogen) atoms. The van der Waals surface area contributed by atoms with Gasteiger partial charge in [0.25, 0.3) is 5.69 Å². The normalized spacial score (nSPS) is 20.9. The Morgan fingerprint density at radius 2 is 1.97 bits per heavy atom. The first kappa shape index (κ1) is 20.0. The maximum Gasteiger partial charge on any atom is 0.336 e. The van der Waals surface area contributed by atoms with E-state index in [1.54, 1.807) is 19.1 Å². The number of hydrogen-bond donors (Lipinski definition) is 0. The third kappa shape index (κ3) is 3.77. The number of ether oxygens (including phenoxy) is 1. The van der Waals surface area contributed by atoms with Crippen molar-refractivity contribution in [3.05, 3.63) is 81.4 Å². The second-order valence-corrected chi connectivity index (χ2v) is 7.63. The summed E-state index contributed by atoms with van der Waals surface area (Å²) < 4.78 is 5.44. The lowest BCUT2D eigenvalue weighted by atomic mass is 9.69. The minimum Gasteiger partial charge on any atom is -0.463 e. The number of non-ortho nitro benzene ring substituents is 1. The summed E-state index contributed by atoms with van der Waals surface area (Å²) in [5, 5.41) is 11.4. The number of carbonyl (C=O) groups excluding carboxylic acids is 1. The van der Waals surface area contributed by atoms with E-state index in [-0.39, 0.29) is 24.1 Å². The van der Waals surface area contributed by atoms with Crippen molar-refractivity contribution in [2.45, 2.75) is 38.5 Å². The first-order valence-electron chi connectivity index (χ1n) is 10.4. The fourth-order valence-corrected chi connectivity index (χ4v) is 4.55. The Hall–Kier alpha value is -3.28. The van der Waals surface area contributed by atoms with E-state index in [0.29, 0.717) is 11.3 Å². The average molecular weight is 404 g/mol. The predicted molar refractivity (Wildman–Crippen MR) is 115 cm³/mol. The highest BCUT2D eigenvalue weighted by molar-refractivity contribution is 6.06. The molecule has 2 atom stereocenters. The van der Waals surface area contributed by atoms with Crippen LogP contribution in [0, 0.1) is 16.0 Å². The molecule has 0 radical (unpaired) electrons. The SMILES string of the molecule is CCOC(=O)C1=C(c2ccccc2)N=C2CCCCC2C1c1cccc([N+](=O)[O-])c1. The van der Waals surface area contributed by atoms with Gasteiger partial charge in [-0.1, -0.05) is 48.9 Å². The Morgan fingerprint density at radius 3 is 2.70 bits per heavy atom. The van der Waals surface area contributed by atoms with Crippen molar-refractivity contribution < 1.29 is 14.5 Å². The number of nitrogens with zero attached hydrogens (tertiary/aromatic N) is 2. The average Bonchev–Trinajstić information content (AvgIpc) is 2.78. The summed E-state index contributed by atoms with van der Waals surface area (Å²) >= 11 is 0. The van der Waals surface area contributed by atoms with Crippen molar-refractivity contribution in [2.24, 2.45) is 10.9 Å². The number of carbonyl (C=O) groups is 1. The number of hydrogen-bond acceptors (Lipinski definition) is 5. The summed E-state index contributed by atoms with van der Waals surface area (Å²) in [7, 11) is 0. The fourth-order valence-electron chi connectivity index (χ4n) is 4.55. The van der Waals surface area contributed by atoms with Crippen LogP contribution in [0.5, 0.6) is 0 Å². The molecule has 2 aromatic rings. The lowest BCUT2D eigenvalue weighted by Gasteiger charge is -2.37. The van der Waals surface area contributed by atoms with Crippen molar-refractivity contribution in [1.29, 1.82) is 0 Å². The quantitative estimate of drug-likeness (QED) is 0.385. The van der Waals surface area contributed by atoms with Gasteiger partial charge in [0.2, 0.25) is 0 Å². The molecule has 1 aliphatic carbocycles. The van der Waals surface area contributed by atoms with Gasteiger partial charge in [-0.05, 0) is 31.7 Å². The molecule has 0 aromatic heterocycles. The third-order valence-corrected chi connectivity index (χ3v) is 5.83. The molecule has 0 N–H and O–H groups in total. The molecule has 1 fully saturated rings. The highest BCUT2D eigenvalue weighted by atomic mass is 16.6. The van der Waals surface area contributed by atoms with Crippen LogP contribution in [0.4, 0.5) is 5.69 Å². The number of esters is 1. The van der Waals surface area contributed by atoms with Crippen molar-refractivity contribution in [2.75, 3.05) is 6.61 Å². The van der Waals surface area contributed by atoms with Crippen LogP contribution in [0.1, 0.15) is 49.7 Å². The van der Waals surface area contributed by atoms with Crippen LogP contribution >= 0.6 is 0 Å². The second-order valence-electron chi connectivity index (χ2n) is 7.63. The summed E-state index contributed by atoms with van der Waals surface area (Å²) in [6.45, 7) is 2.04. The molecule has 6 nitrogen and oxygen atoms in total. The van der Waals surface area contributed by atoms with E-state index in [9.17, 15) is 14.9 Å². The number of fused-ring (bicyclic) bond motifs is 1. The van der Waals surface area contributed by atoms with E-state index in [0.717, 1.165) is 42.5 Å². The standard InChI is InChI=1S/C24H24N2O4/c1-2-30-24(27)22-21(17-11-8-12-18(15-17)26(28)29)19-13-6-7-14-20(19)25-23(22)16-9-4-3-5-10-16/h3-5,8-12,15,19,21H,2,6-7,13-14H2,1H3. The smallest absolute Gasteiger partial charge is 0.336 e.